The van der Waals surface area contributed by atoms with Crippen molar-refractivity contribution in [2.24, 2.45) is 0 Å². The number of rotatable bonds is 5. The molecule has 0 aromatic carbocycles. The molecule has 0 radical (unpaired) electrons. The molecule has 1 atom stereocenters. The molecule has 0 bridgehead atoms. The summed E-state index contributed by atoms with van der Waals surface area (Å²) in [5, 5.41) is 12.0. The molecule has 1 unspecified atom stereocenters. The summed E-state index contributed by atoms with van der Waals surface area (Å²) in [5.74, 6) is -0.195. The molecule has 14 heavy (non-hydrogen) atoms. The minimum atomic E-state index is -1.89. The minimum Gasteiger partial charge on any atom is -0.387 e. The Hall–Kier alpha value is -0.290. The Bertz CT molecular complexity index is 201. The van der Waals surface area contributed by atoms with Crippen LogP contribution in [0.4, 0.5) is 4.39 Å². The second-order valence-electron chi connectivity index (χ2n) is 4.09. The summed E-state index contributed by atoms with van der Waals surface area (Å²) in [6, 6.07) is 0. The van der Waals surface area contributed by atoms with E-state index >= 15 is 0 Å². The summed E-state index contributed by atoms with van der Waals surface area (Å²) in [6.07, 6.45) is 1.86. The van der Waals surface area contributed by atoms with Crippen molar-refractivity contribution in [1.82, 2.24) is 5.32 Å². The first-order valence-corrected chi connectivity index (χ1v) is 5.77. The number of hydrogen-bond acceptors (Lipinski definition) is 3. The van der Waals surface area contributed by atoms with Gasteiger partial charge in [-0.15, -0.1) is 0 Å². The molecule has 0 aromatic heterocycles. The van der Waals surface area contributed by atoms with Crippen LogP contribution < -0.4 is 5.32 Å². The molecule has 0 spiro atoms. The zero-order valence-corrected chi connectivity index (χ0v) is 9.87. The number of carbonyl (C=O) groups excluding carboxylic acids is 1. The molecule has 0 aliphatic rings. The summed E-state index contributed by atoms with van der Waals surface area (Å²) in [6.45, 7) is 4.05. The molecule has 0 saturated carbocycles. The number of carbonyl (C=O) groups is 1. The highest BCUT2D eigenvalue weighted by molar-refractivity contribution is 7.98. The average molecular weight is 223 g/mol. The van der Waals surface area contributed by atoms with Gasteiger partial charge in [0.25, 0.3) is 5.91 Å². The largest absolute Gasteiger partial charge is 0.387 e. The van der Waals surface area contributed by atoms with Gasteiger partial charge in [0.1, 0.15) is 0 Å². The third-order valence-electron chi connectivity index (χ3n) is 1.63. The second-order valence-corrected chi connectivity index (χ2v) is 4.95. The van der Waals surface area contributed by atoms with Crippen LogP contribution in [-0.4, -0.2) is 40.8 Å². The monoisotopic (exact) mass is 223 g/mol. The van der Waals surface area contributed by atoms with Gasteiger partial charge in [0, 0.05) is 12.3 Å². The van der Waals surface area contributed by atoms with Crippen LogP contribution in [0.1, 0.15) is 20.8 Å². The zero-order valence-electron chi connectivity index (χ0n) is 9.06. The number of halogens is 1. The van der Waals surface area contributed by atoms with Crippen molar-refractivity contribution >= 4 is 17.7 Å². The lowest BCUT2D eigenvalue weighted by molar-refractivity contribution is -0.131. The molecule has 0 aromatic rings. The van der Waals surface area contributed by atoms with Gasteiger partial charge >= 0.3 is 0 Å². The number of aliphatic hydroxyl groups is 1. The van der Waals surface area contributed by atoms with Crippen LogP contribution in [-0.2, 0) is 4.79 Å². The predicted octanol–water partition coefficient (Wildman–Crippen LogP) is 0.965. The molecule has 0 aliphatic heterocycles. The first-order chi connectivity index (χ1) is 6.19. The van der Waals surface area contributed by atoms with Crippen LogP contribution in [0, 0.1) is 0 Å². The molecule has 0 heterocycles. The van der Waals surface area contributed by atoms with Crippen molar-refractivity contribution in [3.05, 3.63) is 0 Å². The van der Waals surface area contributed by atoms with E-state index in [4.69, 9.17) is 0 Å². The number of amides is 1. The Morgan fingerprint density at radius 2 is 2.00 bits per heavy atom. The fraction of sp³-hybridized carbons (Fsp3) is 0.889. The maximum atomic E-state index is 13.0. The quantitative estimate of drug-likeness (QED) is 0.730. The van der Waals surface area contributed by atoms with Gasteiger partial charge in [-0.3, -0.25) is 4.79 Å². The van der Waals surface area contributed by atoms with E-state index in [1.807, 2.05) is 6.26 Å². The van der Waals surface area contributed by atoms with Crippen molar-refractivity contribution < 1.29 is 14.3 Å². The van der Waals surface area contributed by atoms with Crippen LogP contribution in [0.3, 0.4) is 0 Å². The molecular formula is C9H18FNO2S. The van der Waals surface area contributed by atoms with E-state index in [1.54, 1.807) is 6.92 Å². The van der Waals surface area contributed by atoms with Crippen LogP contribution >= 0.6 is 11.8 Å². The Morgan fingerprint density at radius 1 is 1.50 bits per heavy atom. The lowest BCUT2D eigenvalue weighted by atomic mass is 10.1. The molecule has 2 N–H and O–H groups in total. The van der Waals surface area contributed by atoms with Crippen LogP contribution in [0.15, 0.2) is 0 Å². The van der Waals surface area contributed by atoms with E-state index in [-0.39, 0.29) is 6.54 Å². The maximum Gasteiger partial charge on any atom is 0.257 e. The van der Waals surface area contributed by atoms with Crippen molar-refractivity contribution in [1.29, 1.82) is 0 Å². The summed E-state index contributed by atoms with van der Waals surface area (Å²) < 4.78 is 13.0. The van der Waals surface area contributed by atoms with E-state index in [1.165, 1.54) is 25.6 Å². The van der Waals surface area contributed by atoms with Gasteiger partial charge in [0.05, 0.1) is 5.60 Å². The number of thioether (sulfide) groups is 1. The number of hydrogen-bond donors (Lipinski definition) is 2. The van der Waals surface area contributed by atoms with Gasteiger partial charge in [-0.2, -0.15) is 11.8 Å². The SMILES string of the molecule is CSCC(C)(O)CNC(=O)C(C)(C)F. The van der Waals surface area contributed by atoms with Gasteiger partial charge in [-0.25, -0.2) is 4.39 Å². The normalized spacial score (nSPS) is 16.1. The minimum absolute atomic E-state index is 0.0695. The van der Waals surface area contributed by atoms with Crippen LogP contribution in [0.2, 0.25) is 0 Å². The summed E-state index contributed by atoms with van der Waals surface area (Å²) in [7, 11) is 0. The van der Waals surface area contributed by atoms with Gasteiger partial charge in [-0.05, 0) is 27.0 Å². The van der Waals surface area contributed by atoms with Crippen molar-refractivity contribution in [2.75, 3.05) is 18.6 Å². The van der Waals surface area contributed by atoms with E-state index in [0.717, 1.165) is 0 Å². The second kappa shape index (κ2) is 4.98. The first-order valence-electron chi connectivity index (χ1n) is 4.37. The van der Waals surface area contributed by atoms with Gasteiger partial charge in [0.15, 0.2) is 5.67 Å². The Morgan fingerprint density at radius 3 is 2.36 bits per heavy atom. The smallest absolute Gasteiger partial charge is 0.257 e. The lowest BCUT2D eigenvalue weighted by Gasteiger charge is -2.24. The standard InChI is InChI=1S/C9H18FNO2S/c1-8(2,10)7(12)11-5-9(3,13)6-14-4/h13H,5-6H2,1-4H3,(H,11,12). The van der Waals surface area contributed by atoms with Gasteiger partial charge < -0.3 is 10.4 Å². The number of alkyl halides is 1. The molecule has 0 rings (SSSR count). The molecule has 84 valence electrons. The van der Waals surface area contributed by atoms with Crippen molar-refractivity contribution in [3.63, 3.8) is 0 Å². The highest BCUT2D eigenvalue weighted by Gasteiger charge is 2.28. The predicted molar refractivity (Wildman–Crippen MR) is 57.2 cm³/mol. The highest BCUT2D eigenvalue weighted by Crippen LogP contribution is 2.11. The average Bonchev–Trinajstić information content (AvgIpc) is 1.98. The summed E-state index contributed by atoms with van der Waals surface area (Å²) >= 11 is 1.47. The zero-order chi connectivity index (χ0) is 11.4. The lowest BCUT2D eigenvalue weighted by Crippen LogP contribution is -2.47. The third-order valence-corrected chi connectivity index (χ3v) is 2.54. The molecular weight excluding hydrogens is 205 g/mol. The molecule has 3 nitrogen and oxygen atoms in total. The maximum absolute atomic E-state index is 13.0. The van der Waals surface area contributed by atoms with Gasteiger partial charge in [0.2, 0.25) is 0 Å². The molecule has 0 fully saturated rings. The molecule has 0 saturated heterocycles. The molecule has 0 aliphatic carbocycles. The molecule has 5 heteroatoms. The highest BCUT2D eigenvalue weighted by atomic mass is 32.2. The number of nitrogens with one attached hydrogen (secondary N) is 1. The summed E-state index contributed by atoms with van der Waals surface area (Å²) in [4.78, 5) is 11.1. The fourth-order valence-corrected chi connectivity index (χ4v) is 1.57. The first kappa shape index (κ1) is 13.7. The van der Waals surface area contributed by atoms with E-state index < -0.39 is 17.2 Å². The Kier molecular flexibility index (Phi) is 4.88. The van der Waals surface area contributed by atoms with E-state index in [9.17, 15) is 14.3 Å². The Labute approximate surface area is 88.5 Å². The third kappa shape index (κ3) is 5.44. The van der Waals surface area contributed by atoms with E-state index in [0.29, 0.717) is 5.75 Å². The topological polar surface area (TPSA) is 49.3 Å². The van der Waals surface area contributed by atoms with Crippen molar-refractivity contribution in [3.8, 4) is 0 Å². The van der Waals surface area contributed by atoms with Crippen LogP contribution in [0.25, 0.3) is 0 Å². The Balaban J connectivity index is 4.00. The van der Waals surface area contributed by atoms with E-state index in [2.05, 4.69) is 5.32 Å². The molecule has 1 amide bonds. The van der Waals surface area contributed by atoms with Crippen LogP contribution in [0.5, 0.6) is 0 Å². The summed E-state index contributed by atoms with van der Waals surface area (Å²) in [5.41, 5.74) is -2.88. The van der Waals surface area contributed by atoms with Crippen molar-refractivity contribution in [2.45, 2.75) is 32.0 Å². The fourth-order valence-electron chi connectivity index (χ4n) is 0.843. The van der Waals surface area contributed by atoms with Gasteiger partial charge in [-0.1, -0.05) is 0 Å².